The summed E-state index contributed by atoms with van der Waals surface area (Å²) in [5.74, 6) is 1.95. The van der Waals surface area contributed by atoms with Gasteiger partial charge in [-0.25, -0.2) is 9.97 Å². The monoisotopic (exact) mass is 208 g/mol. The predicted octanol–water partition coefficient (Wildman–Crippen LogP) is 0.816. The molecule has 3 N–H and O–H groups in total. The molecular weight excluding hydrogens is 192 g/mol. The Labute approximate surface area is 89.1 Å². The van der Waals surface area contributed by atoms with E-state index in [0.717, 1.165) is 37.6 Å². The molecule has 0 saturated carbocycles. The lowest BCUT2D eigenvalue weighted by molar-refractivity contribution is 0.187. The first-order valence-corrected chi connectivity index (χ1v) is 5.16. The van der Waals surface area contributed by atoms with Gasteiger partial charge in [-0.3, -0.25) is 0 Å². The molecule has 5 heteroatoms. The molecule has 5 nitrogen and oxygen atoms in total. The zero-order valence-electron chi connectivity index (χ0n) is 8.86. The van der Waals surface area contributed by atoms with Crippen molar-refractivity contribution >= 4 is 11.6 Å². The summed E-state index contributed by atoms with van der Waals surface area (Å²) in [6, 6.07) is 0. The van der Waals surface area contributed by atoms with Gasteiger partial charge < -0.3 is 15.8 Å². The molecule has 1 aromatic rings. The molecule has 0 aliphatic carbocycles. The first-order valence-electron chi connectivity index (χ1n) is 5.16. The maximum absolute atomic E-state index is 5.69. The van der Waals surface area contributed by atoms with Crippen LogP contribution in [-0.2, 0) is 4.74 Å². The molecule has 1 atom stereocenters. The lowest BCUT2D eigenvalue weighted by Gasteiger charge is -2.12. The Morgan fingerprint density at radius 1 is 1.60 bits per heavy atom. The van der Waals surface area contributed by atoms with Gasteiger partial charge in [-0.15, -0.1) is 0 Å². The van der Waals surface area contributed by atoms with Crippen molar-refractivity contribution in [1.29, 1.82) is 0 Å². The third kappa shape index (κ3) is 2.36. The van der Waals surface area contributed by atoms with Crippen LogP contribution in [0.15, 0.2) is 6.33 Å². The van der Waals surface area contributed by atoms with Gasteiger partial charge >= 0.3 is 0 Å². The fourth-order valence-electron chi connectivity index (χ4n) is 1.63. The van der Waals surface area contributed by atoms with Crippen molar-refractivity contribution in [3.8, 4) is 0 Å². The van der Waals surface area contributed by atoms with Gasteiger partial charge in [0.15, 0.2) is 0 Å². The summed E-state index contributed by atoms with van der Waals surface area (Å²) in [6.45, 7) is 4.52. The van der Waals surface area contributed by atoms with Crippen molar-refractivity contribution in [2.24, 2.45) is 5.92 Å². The maximum atomic E-state index is 5.69. The van der Waals surface area contributed by atoms with Crippen LogP contribution in [0.25, 0.3) is 0 Å². The molecule has 15 heavy (non-hydrogen) atoms. The molecular formula is C10H16N4O. The highest BCUT2D eigenvalue weighted by Crippen LogP contribution is 2.17. The predicted molar refractivity (Wildman–Crippen MR) is 58.6 cm³/mol. The Morgan fingerprint density at radius 2 is 2.47 bits per heavy atom. The molecule has 0 amide bonds. The smallest absolute Gasteiger partial charge is 0.134 e. The molecule has 1 fully saturated rings. The van der Waals surface area contributed by atoms with Gasteiger partial charge in [-0.05, 0) is 13.3 Å². The number of anilines is 2. The maximum Gasteiger partial charge on any atom is 0.134 e. The van der Waals surface area contributed by atoms with Crippen LogP contribution in [0, 0.1) is 12.8 Å². The minimum atomic E-state index is 0.537. The molecule has 1 aromatic heterocycles. The van der Waals surface area contributed by atoms with Gasteiger partial charge in [0.2, 0.25) is 0 Å². The highest BCUT2D eigenvalue weighted by atomic mass is 16.5. The fraction of sp³-hybridized carbons (Fsp3) is 0.600. The van der Waals surface area contributed by atoms with Gasteiger partial charge in [0.05, 0.1) is 6.61 Å². The lowest BCUT2D eigenvalue weighted by Crippen LogP contribution is -2.16. The fourth-order valence-corrected chi connectivity index (χ4v) is 1.63. The van der Waals surface area contributed by atoms with Crippen molar-refractivity contribution < 1.29 is 4.74 Å². The molecule has 1 saturated heterocycles. The minimum Gasteiger partial charge on any atom is -0.383 e. The van der Waals surface area contributed by atoms with E-state index >= 15 is 0 Å². The van der Waals surface area contributed by atoms with Gasteiger partial charge in [0.1, 0.15) is 18.0 Å². The Kier molecular flexibility index (Phi) is 3.01. The second kappa shape index (κ2) is 4.44. The Hall–Kier alpha value is -1.36. The normalized spacial score (nSPS) is 20.5. The van der Waals surface area contributed by atoms with Crippen LogP contribution >= 0.6 is 0 Å². The summed E-state index contributed by atoms with van der Waals surface area (Å²) in [7, 11) is 0. The van der Waals surface area contributed by atoms with E-state index in [-0.39, 0.29) is 0 Å². The van der Waals surface area contributed by atoms with Crippen molar-refractivity contribution in [2.75, 3.05) is 30.8 Å². The molecule has 1 unspecified atom stereocenters. The van der Waals surface area contributed by atoms with Gasteiger partial charge in [-0.2, -0.15) is 0 Å². The van der Waals surface area contributed by atoms with Crippen LogP contribution in [-0.4, -0.2) is 29.7 Å². The number of rotatable bonds is 3. The number of nitrogen functional groups attached to an aromatic ring is 1. The quantitative estimate of drug-likeness (QED) is 0.769. The zero-order valence-corrected chi connectivity index (χ0v) is 8.86. The Morgan fingerprint density at radius 3 is 3.20 bits per heavy atom. The highest BCUT2D eigenvalue weighted by molar-refractivity contribution is 5.53. The van der Waals surface area contributed by atoms with E-state index in [4.69, 9.17) is 10.5 Å². The zero-order chi connectivity index (χ0) is 10.7. The van der Waals surface area contributed by atoms with Crippen LogP contribution in [0.1, 0.15) is 12.0 Å². The number of nitrogens with two attached hydrogens (primary N) is 1. The SMILES string of the molecule is Cc1c(N)ncnc1NCC1CCOC1. The summed E-state index contributed by atoms with van der Waals surface area (Å²) < 4.78 is 5.30. The summed E-state index contributed by atoms with van der Waals surface area (Å²) in [5, 5.41) is 3.28. The summed E-state index contributed by atoms with van der Waals surface area (Å²) in [5.41, 5.74) is 6.60. The second-order valence-corrected chi connectivity index (χ2v) is 3.84. The molecule has 2 heterocycles. The van der Waals surface area contributed by atoms with Crippen LogP contribution in [0.3, 0.4) is 0 Å². The molecule has 0 radical (unpaired) electrons. The van der Waals surface area contributed by atoms with E-state index < -0.39 is 0 Å². The van der Waals surface area contributed by atoms with E-state index in [2.05, 4.69) is 15.3 Å². The second-order valence-electron chi connectivity index (χ2n) is 3.84. The molecule has 82 valence electrons. The number of aromatic nitrogens is 2. The minimum absolute atomic E-state index is 0.537. The lowest BCUT2D eigenvalue weighted by atomic mass is 10.1. The van der Waals surface area contributed by atoms with Gasteiger partial charge in [0, 0.05) is 24.6 Å². The average molecular weight is 208 g/mol. The highest BCUT2D eigenvalue weighted by Gasteiger charge is 2.15. The summed E-state index contributed by atoms with van der Waals surface area (Å²) >= 11 is 0. The molecule has 0 spiro atoms. The first-order chi connectivity index (χ1) is 7.27. The third-order valence-corrected chi connectivity index (χ3v) is 2.71. The largest absolute Gasteiger partial charge is 0.383 e. The summed E-state index contributed by atoms with van der Waals surface area (Å²) in [6.07, 6.45) is 2.60. The van der Waals surface area contributed by atoms with Crippen LogP contribution in [0.4, 0.5) is 11.6 Å². The van der Waals surface area contributed by atoms with Crippen molar-refractivity contribution in [1.82, 2.24) is 9.97 Å². The Bertz CT molecular complexity index is 336. The van der Waals surface area contributed by atoms with Crippen LogP contribution < -0.4 is 11.1 Å². The Balaban J connectivity index is 1.95. The topological polar surface area (TPSA) is 73.1 Å². The molecule has 1 aliphatic heterocycles. The van der Waals surface area contributed by atoms with E-state index in [1.165, 1.54) is 6.33 Å². The number of ether oxygens (including phenoxy) is 1. The number of nitrogens with zero attached hydrogens (tertiary/aromatic N) is 2. The van der Waals surface area contributed by atoms with Crippen LogP contribution in [0.5, 0.6) is 0 Å². The average Bonchev–Trinajstić information content (AvgIpc) is 2.73. The summed E-state index contributed by atoms with van der Waals surface area (Å²) in [4.78, 5) is 8.08. The number of hydrogen-bond acceptors (Lipinski definition) is 5. The number of nitrogens with one attached hydrogen (secondary N) is 1. The molecule has 0 aromatic carbocycles. The van der Waals surface area contributed by atoms with E-state index in [1.54, 1.807) is 0 Å². The third-order valence-electron chi connectivity index (χ3n) is 2.71. The van der Waals surface area contributed by atoms with E-state index in [0.29, 0.717) is 11.7 Å². The van der Waals surface area contributed by atoms with Crippen molar-refractivity contribution in [2.45, 2.75) is 13.3 Å². The van der Waals surface area contributed by atoms with Gasteiger partial charge in [0.25, 0.3) is 0 Å². The molecule has 1 aliphatic rings. The standard InChI is InChI=1S/C10H16N4O/c1-7-9(11)13-6-14-10(7)12-4-8-2-3-15-5-8/h6,8H,2-5H2,1H3,(H3,11,12,13,14). The first kappa shape index (κ1) is 10.2. The van der Waals surface area contributed by atoms with E-state index in [1.807, 2.05) is 6.92 Å². The molecule has 0 bridgehead atoms. The van der Waals surface area contributed by atoms with Crippen molar-refractivity contribution in [3.05, 3.63) is 11.9 Å². The van der Waals surface area contributed by atoms with E-state index in [9.17, 15) is 0 Å². The van der Waals surface area contributed by atoms with Crippen molar-refractivity contribution in [3.63, 3.8) is 0 Å². The molecule has 2 rings (SSSR count). The van der Waals surface area contributed by atoms with Gasteiger partial charge in [-0.1, -0.05) is 0 Å². The van der Waals surface area contributed by atoms with Crippen LogP contribution in [0.2, 0.25) is 0 Å². The number of hydrogen-bond donors (Lipinski definition) is 2.